The van der Waals surface area contributed by atoms with Crippen molar-refractivity contribution in [1.82, 2.24) is 4.90 Å². The summed E-state index contributed by atoms with van der Waals surface area (Å²) < 4.78 is 27.8. The number of aliphatic imine (C=N–C) groups is 1. The lowest BCUT2D eigenvalue weighted by atomic mass is 10.1. The van der Waals surface area contributed by atoms with E-state index in [1.54, 1.807) is 6.92 Å². The van der Waals surface area contributed by atoms with E-state index in [9.17, 15) is 9.59 Å². The molecule has 2 N–H and O–H groups in total. The van der Waals surface area contributed by atoms with Gasteiger partial charge in [0.05, 0.1) is 6.10 Å². The normalized spacial score (nSPS) is 27.0. The topological polar surface area (TPSA) is 85.0 Å². The lowest BCUT2D eigenvalue weighted by molar-refractivity contribution is -0.148. The summed E-state index contributed by atoms with van der Waals surface area (Å²) in [6, 6.07) is 0. The maximum absolute atomic E-state index is 12.0. The quantitative estimate of drug-likeness (QED) is 0.693. The average Bonchev–Trinajstić information content (AvgIpc) is 2.49. The fraction of sp³-hybridized carbons (Fsp3) is 0.812. The van der Waals surface area contributed by atoms with Gasteiger partial charge in [0, 0.05) is 17.5 Å². The van der Waals surface area contributed by atoms with E-state index < -0.39 is 31.4 Å². The first-order valence-corrected chi connectivity index (χ1v) is 8.04. The van der Waals surface area contributed by atoms with Gasteiger partial charge in [-0.1, -0.05) is 32.1 Å². The van der Waals surface area contributed by atoms with Crippen molar-refractivity contribution in [2.75, 3.05) is 13.5 Å². The smallest absolute Gasteiger partial charge is 0.325 e. The molecule has 1 rings (SSSR count). The summed E-state index contributed by atoms with van der Waals surface area (Å²) >= 11 is 0. The van der Waals surface area contributed by atoms with Crippen LogP contribution in [0, 0.1) is 0 Å². The molecule has 1 atom stereocenters. The molecule has 1 amide bonds. The van der Waals surface area contributed by atoms with E-state index in [-0.39, 0.29) is 12.5 Å². The number of rotatable bonds is 0. The van der Waals surface area contributed by atoms with E-state index in [2.05, 4.69) is 4.99 Å². The Hall–Kier alpha value is -1.59. The maximum atomic E-state index is 12.0. The van der Waals surface area contributed by atoms with Crippen LogP contribution in [0.15, 0.2) is 4.99 Å². The molecule has 0 saturated heterocycles. The summed E-state index contributed by atoms with van der Waals surface area (Å²) in [5.41, 5.74) is 5.67. The van der Waals surface area contributed by atoms with Crippen molar-refractivity contribution in [3.8, 4) is 0 Å². The van der Waals surface area contributed by atoms with Crippen LogP contribution in [-0.2, 0) is 14.3 Å². The van der Waals surface area contributed by atoms with Crippen molar-refractivity contribution in [2.24, 2.45) is 10.7 Å². The van der Waals surface area contributed by atoms with Crippen LogP contribution in [0.5, 0.6) is 0 Å². The highest BCUT2D eigenvalue weighted by Gasteiger charge is 2.14. The Labute approximate surface area is 137 Å². The molecule has 0 spiro atoms. The van der Waals surface area contributed by atoms with Gasteiger partial charge in [0.1, 0.15) is 6.54 Å². The third-order valence-corrected chi connectivity index (χ3v) is 3.64. The van der Waals surface area contributed by atoms with Gasteiger partial charge < -0.3 is 15.4 Å². The van der Waals surface area contributed by atoms with Crippen molar-refractivity contribution in [2.45, 2.75) is 70.8 Å². The summed E-state index contributed by atoms with van der Waals surface area (Å²) in [5, 5.41) is 0. The van der Waals surface area contributed by atoms with Crippen molar-refractivity contribution in [3.05, 3.63) is 0 Å². The van der Waals surface area contributed by atoms with Crippen LogP contribution >= 0.6 is 0 Å². The van der Waals surface area contributed by atoms with Crippen molar-refractivity contribution < 1.29 is 18.4 Å². The molecule has 1 aliphatic rings. The maximum Gasteiger partial charge on any atom is 0.325 e. The van der Waals surface area contributed by atoms with Crippen molar-refractivity contribution >= 4 is 17.8 Å². The van der Waals surface area contributed by atoms with E-state index >= 15 is 0 Å². The number of carbonyl (C=O) groups is 2. The molecule has 6 nitrogen and oxygen atoms in total. The van der Waals surface area contributed by atoms with Gasteiger partial charge in [-0.05, 0) is 26.2 Å². The first kappa shape index (κ1) is 14.0. The average molecular weight is 314 g/mol. The van der Waals surface area contributed by atoms with Crippen LogP contribution in [0.4, 0.5) is 0 Å². The number of hydrogen-bond acceptors (Lipinski definition) is 5. The Morgan fingerprint density at radius 2 is 1.82 bits per heavy atom. The number of nitrogens with zero attached hydrogens (tertiary/aromatic N) is 2. The van der Waals surface area contributed by atoms with Gasteiger partial charge in [0.15, 0.2) is 5.96 Å². The third-order valence-electron chi connectivity index (χ3n) is 3.64. The summed E-state index contributed by atoms with van der Waals surface area (Å²) in [6.45, 7) is -1.46. The zero-order valence-electron chi connectivity index (χ0n) is 16.3. The molecule has 0 unspecified atom stereocenters. The zero-order valence-corrected chi connectivity index (χ0v) is 13.3. The number of guanidine groups is 1. The predicted molar refractivity (Wildman–Crippen MR) is 86.4 cm³/mol. The van der Waals surface area contributed by atoms with E-state index in [0.717, 1.165) is 44.9 Å². The second kappa shape index (κ2) is 10.2. The number of cyclic esters (lactones) is 1. The van der Waals surface area contributed by atoms with Crippen LogP contribution in [0.25, 0.3) is 0 Å². The molecule has 0 fully saturated rings. The van der Waals surface area contributed by atoms with Crippen LogP contribution in [0.1, 0.15) is 68.8 Å². The molecule has 0 saturated carbocycles. The van der Waals surface area contributed by atoms with E-state index in [0.29, 0.717) is 11.3 Å². The molecule has 6 heteroatoms. The van der Waals surface area contributed by atoms with Crippen LogP contribution in [0.3, 0.4) is 0 Å². The van der Waals surface area contributed by atoms with E-state index in [1.165, 1.54) is 0 Å². The fourth-order valence-corrected chi connectivity index (χ4v) is 2.37. The molecule has 0 aromatic carbocycles. The van der Waals surface area contributed by atoms with Crippen molar-refractivity contribution in [3.63, 3.8) is 0 Å². The van der Waals surface area contributed by atoms with Crippen LogP contribution < -0.4 is 5.73 Å². The number of likely N-dealkylation sites (N-methyl/N-ethyl adjacent to an activating group) is 1. The number of carbonyl (C=O) groups excluding carboxylic acids is 2. The Bertz CT molecular complexity index is 481. The van der Waals surface area contributed by atoms with Gasteiger partial charge in [-0.25, -0.2) is 0 Å². The van der Waals surface area contributed by atoms with Gasteiger partial charge in [-0.3, -0.25) is 9.59 Å². The largest absolute Gasteiger partial charge is 0.461 e. The first-order valence-electron chi connectivity index (χ1n) is 9.54. The summed E-state index contributed by atoms with van der Waals surface area (Å²) in [5.74, 6) is -1.64. The van der Waals surface area contributed by atoms with Crippen LogP contribution in [-0.4, -0.2) is 42.4 Å². The highest BCUT2D eigenvalue weighted by Crippen LogP contribution is 2.12. The second-order valence-electron chi connectivity index (χ2n) is 5.76. The molecule has 1 heterocycles. The summed E-state index contributed by atoms with van der Waals surface area (Å²) in [6.07, 6.45) is 7.61. The van der Waals surface area contributed by atoms with Gasteiger partial charge in [0.2, 0.25) is 5.91 Å². The van der Waals surface area contributed by atoms with E-state index in [1.807, 2.05) is 0 Å². The van der Waals surface area contributed by atoms with Gasteiger partial charge in [0.25, 0.3) is 0 Å². The Morgan fingerprint density at radius 1 is 1.18 bits per heavy atom. The Kier molecular flexibility index (Phi) is 6.50. The van der Waals surface area contributed by atoms with Gasteiger partial charge in [-0.15, -0.1) is 0 Å². The number of hydrogen-bond donors (Lipinski definition) is 1. The highest BCUT2D eigenvalue weighted by atomic mass is 16.5. The fourth-order valence-electron chi connectivity index (χ4n) is 2.37. The first-order chi connectivity index (χ1) is 11.7. The lowest BCUT2D eigenvalue weighted by Crippen LogP contribution is -2.39. The molecular formula is C16H29N3O3. The second-order valence-corrected chi connectivity index (χ2v) is 5.76. The SMILES string of the molecule is [2H]C([2H])([2H])N1CC(=O)O[C@H](C)CCCCCCCCCC(=O)N=C1N. The van der Waals surface area contributed by atoms with Crippen LogP contribution in [0.2, 0.25) is 0 Å². The highest BCUT2D eigenvalue weighted by molar-refractivity contribution is 5.93. The molecular weight excluding hydrogens is 282 g/mol. The number of amides is 1. The number of nitrogens with two attached hydrogens (primary N) is 1. The third kappa shape index (κ3) is 8.00. The molecule has 0 radical (unpaired) electrons. The Morgan fingerprint density at radius 3 is 2.50 bits per heavy atom. The van der Waals surface area contributed by atoms with Crippen molar-refractivity contribution in [1.29, 1.82) is 0 Å². The standard InChI is InChI=1S/C16H29N3O3/c1-13-10-8-6-4-3-5-7-9-11-14(20)18-16(17)19(2)12-15(21)22-13/h13H,3-12H2,1-2H3,(H2,17,18,20)/t13-/m1/s1/i2D3. The monoisotopic (exact) mass is 314 g/mol. The molecule has 1 aliphatic heterocycles. The minimum absolute atomic E-state index is 0.219. The number of esters is 1. The predicted octanol–water partition coefficient (Wildman–Crippen LogP) is 2.22. The van der Waals surface area contributed by atoms with E-state index in [4.69, 9.17) is 14.6 Å². The molecule has 22 heavy (non-hydrogen) atoms. The molecule has 0 bridgehead atoms. The molecule has 0 aromatic heterocycles. The Balaban J connectivity index is 2.85. The molecule has 126 valence electrons. The van der Waals surface area contributed by atoms with Gasteiger partial charge >= 0.3 is 5.97 Å². The minimum atomic E-state index is -2.68. The summed E-state index contributed by atoms with van der Waals surface area (Å²) in [7, 11) is 0. The zero-order chi connectivity index (χ0) is 18.9. The number of ether oxygens (including phenoxy) is 1. The molecule has 0 aliphatic carbocycles. The molecule has 0 aromatic rings. The van der Waals surface area contributed by atoms with Gasteiger partial charge in [-0.2, -0.15) is 4.99 Å². The lowest BCUT2D eigenvalue weighted by Gasteiger charge is -2.19. The summed E-state index contributed by atoms with van der Waals surface area (Å²) in [4.78, 5) is 28.1. The minimum Gasteiger partial charge on any atom is -0.461 e.